The minimum absolute atomic E-state index is 0.000255. The summed E-state index contributed by atoms with van der Waals surface area (Å²) in [5.74, 6) is 0.435. The number of alkyl halides is 3. The van der Waals surface area contributed by atoms with E-state index in [2.05, 4.69) is 11.9 Å². The van der Waals surface area contributed by atoms with E-state index in [4.69, 9.17) is 19.6 Å². The van der Waals surface area contributed by atoms with Gasteiger partial charge in [0.2, 0.25) is 5.90 Å². The topological polar surface area (TPSA) is 80.2 Å². The normalized spacial score (nSPS) is 17.7. The first-order valence-electron chi connectivity index (χ1n) is 14.5. The molecule has 0 saturated carbocycles. The highest BCUT2D eigenvalue weighted by Crippen LogP contribution is 2.43. The van der Waals surface area contributed by atoms with Gasteiger partial charge in [-0.05, 0) is 58.7 Å². The van der Waals surface area contributed by atoms with Crippen LogP contribution in [0.3, 0.4) is 0 Å². The van der Waals surface area contributed by atoms with E-state index < -0.39 is 29.3 Å². The Hall–Kier alpha value is -4.89. The zero-order valence-electron chi connectivity index (χ0n) is 24.5. The quantitative estimate of drug-likeness (QED) is 0.130. The lowest BCUT2D eigenvalue weighted by atomic mass is 9.84. The van der Waals surface area contributed by atoms with E-state index in [1.54, 1.807) is 30.3 Å². The Kier molecular flexibility index (Phi) is 9.68. The number of hydrogen-bond donors (Lipinski definition) is 2. The molecule has 0 aromatic heterocycles. The lowest BCUT2D eigenvalue weighted by Gasteiger charge is -2.30. The fourth-order valence-corrected chi connectivity index (χ4v) is 5.16. The fraction of sp³-hybridized carbons (Fsp3) is 0.222. The molecule has 0 saturated heterocycles. The number of halogens is 3. The number of amides is 1. The van der Waals surface area contributed by atoms with Gasteiger partial charge in [-0.3, -0.25) is 4.79 Å². The van der Waals surface area contributed by atoms with Gasteiger partial charge in [0.05, 0.1) is 12.2 Å². The third-order valence-electron chi connectivity index (χ3n) is 7.54. The molecule has 45 heavy (non-hydrogen) atoms. The van der Waals surface area contributed by atoms with Crippen molar-refractivity contribution in [2.75, 3.05) is 13.2 Å². The molecule has 5 rings (SSSR count). The smallest absolute Gasteiger partial charge is 0.416 e. The van der Waals surface area contributed by atoms with E-state index in [0.717, 1.165) is 28.8 Å². The second-order valence-corrected chi connectivity index (χ2v) is 10.6. The molecule has 0 unspecified atom stereocenters. The molecule has 6 nitrogen and oxygen atoms in total. The summed E-state index contributed by atoms with van der Waals surface area (Å²) in [6.45, 7) is 4.29. The molecule has 1 heterocycles. The van der Waals surface area contributed by atoms with Gasteiger partial charge < -0.3 is 19.9 Å². The first-order valence-corrected chi connectivity index (χ1v) is 14.5. The molecule has 232 valence electrons. The number of nitrogens with zero attached hydrogens (tertiary/aromatic N) is 1. The molecule has 4 aromatic rings. The maximum atomic E-state index is 14.0. The number of nitrogens with one attached hydrogen (secondary N) is 1. The number of hydrogen-bond acceptors (Lipinski definition) is 5. The van der Waals surface area contributed by atoms with Crippen molar-refractivity contribution in [2.45, 2.75) is 37.2 Å². The molecule has 1 amide bonds. The number of aliphatic hydroxyl groups is 1. The molecule has 4 aromatic carbocycles. The van der Waals surface area contributed by atoms with Crippen LogP contribution in [-0.4, -0.2) is 35.7 Å². The van der Waals surface area contributed by atoms with E-state index in [0.29, 0.717) is 29.9 Å². The van der Waals surface area contributed by atoms with Crippen molar-refractivity contribution < 1.29 is 32.5 Å². The number of rotatable bonds is 12. The minimum Gasteiger partial charge on any atom is -0.494 e. The van der Waals surface area contributed by atoms with Gasteiger partial charge in [0.25, 0.3) is 5.91 Å². The number of aliphatic hydroxyl groups excluding tert-OH is 1. The van der Waals surface area contributed by atoms with Crippen molar-refractivity contribution in [3.05, 3.63) is 138 Å². The SMILES string of the molecule is C=CC[C@@]1(C(=O)NCc2ccc(C(F)(F)F)cc2)N=C(c2ccc(OCCCO)cc2)O[C@@H]1c1ccc(-c2ccccc2)cc1. The highest BCUT2D eigenvalue weighted by Gasteiger charge is 2.52. The molecule has 0 bridgehead atoms. The molecule has 0 spiro atoms. The monoisotopic (exact) mass is 614 g/mol. The van der Waals surface area contributed by atoms with Crippen LogP contribution in [0.1, 0.15) is 41.2 Å². The van der Waals surface area contributed by atoms with Crippen LogP contribution in [-0.2, 0) is 22.3 Å². The third kappa shape index (κ3) is 7.26. The molecular formula is C36H33F3N2O4. The Balaban J connectivity index is 1.45. The van der Waals surface area contributed by atoms with Gasteiger partial charge in [-0.25, -0.2) is 4.99 Å². The predicted molar refractivity (Wildman–Crippen MR) is 167 cm³/mol. The van der Waals surface area contributed by atoms with Gasteiger partial charge >= 0.3 is 6.18 Å². The van der Waals surface area contributed by atoms with E-state index in [9.17, 15) is 18.0 Å². The largest absolute Gasteiger partial charge is 0.494 e. The van der Waals surface area contributed by atoms with Gasteiger partial charge in [-0.15, -0.1) is 6.58 Å². The lowest BCUT2D eigenvalue weighted by molar-refractivity contribution is -0.137. The maximum Gasteiger partial charge on any atom is 0.416 e. The van der Waals surface area contributed by atoms with Gasteiger partial charge in [-0.1, -0.05) is 72.8 Å². The first kappa shape index (κ1) is 31.5. The van der Waals surface area contributed by atoms with Crippen LogP contribution in [0.25, 0.3) is 11.1 Å². The first-order chi connectivity index (χ1) is 21.7. The Bertz CT molecular complexity index is 1620. The highest BCUT2D eigenvalue weighted by atomic mass is 19.4. The van der Waals surface area contributed by atoms with Crippen molar-refractivity contribution in [1.29, 1.82) is 0 Å². The van der Waals surface area contributed by atoms with E-state index >= 15 is 0 Å². The average molecular weight is 615 g/mol. The zero-order valence-corrected chi connectivity index (χ0v) is 24.5. The Morgan fingerprint density at radius 2 is 1.58 bits per heavy atom. The van der Waals surface area contributed by atoms with Crippen molar-refractivity contribution in [2.24, 2.45) is 4.99 Å². The third-order valence-corrected chi connectivity index (χ3v) is 7.54. The Morgan fingerprint density at radius 3 is 2.20 bits per heavy atom. The van der Waals surface area contributed by atoms with E-state index in [1.807, 2.05) is 54.6 Å². The number of carbonyl (C=O) groups is 1. The zero-order chi connectivity index (χ0) is 31.9. The molecule has 2 N–H and O–H groups in total. The average Bonchev–Trinajstić information content (AvgIpc) is 3.45. The van der Waals surface area contributed by atoms with Gasteiger partial charge in [0, 0.05) is 31.6 Å². The van der Waals surface area contributed by atoms with Crippen LogP contribution >= 0.6 is 0 Å². The molecular weight excluding hydrogens is 581 g/mol. The molecule has 0 radical (unpaired) electrons. The van der Waals surface area contributed by atoms with Crippen LogP contribution in [0.4, 0.5) is 13.2 Å². The summed E-state index contributed by atoms with van der Waals surface area (Å²) in [6.07, 6.45) is -3.01. The highest BCUT2D eigenvalue weighted by molar-refractivity contribution is 6.01. The van der Waals surface area contributed by atoms with Crippen molar-refractivity contribution >= 4 is 11.8 Å². The van der Waals surface area contributed by atoms with E-state index in [1.165, 1.54) is 12.1 Å². The van der Waals surface area contributed by atoms with Crippen molar-refractivity contribution in [3.8, 4) is 16.9 Å². The summed E-state index contributed by atoms with van der Waals surface area (Å²) in [7, 11) is 0. The predicted octanol–water partition coefficient (Wildman–Crippen LogP) is 7.28. The summed E-state index contributed by atoms with van der Waals surface area (Å²) in [6, 6.07) is 29.4. The molecule has 1 aliphatic heterocycles. The summed E-state index contributed by atoms with van der Waals surface area (Å²) >= 11 is 0. The molecule has 2 atom stereocenters. The minimum atomic E-state index is -4.45. The van der Waals surface area contributed by atoms with Crippen molar-refractivity contribution in [3.63, 3.8) is 0 Å². The summed E-state index contributed by atoms with van der Waals surface area (Å²) in [5, 5.41) is 11.9. The molecule has 9 heteroatoms. The standard InChI is InChI=1S/C36H33F3N2O4/c1-2-21-35(34(43)40-24-25-9-17-30(18-10-25)36(37,38)39)32(28-13-11-27(12-14-28)26-7-4-3-5-8-26)45-33(41-35)29-15-19-31(20-16-29)44-23-6-22-42/h2-5,7-20,32,42H,1,6,21-24H2,(H,40,43)/t32-,35-/m1/s1. The Labute approximate surface area is 259 Å². The fourth-order valence-electron chi connectivity index (χ4n) is 5.16. The Morgan fingerprint density at radius 1 is 0.933 bits per heavy atom. The van der Waals surface area contributed by atoms with Crippen LogP contribution in [0, 0.1) is 0 Å². The number of ether oxygens (including phenoxy) is 2. The lowest BCUT2D eigenvalue weighted by Crippen LogP contribution is -2.47. The number of aliphatic imine (C=N–C) groups is 1. The second-order valence-electron chi connectivity index (χ2n) is 10.6. The van der Waals surface area contributed by atoms with Gasteiger partial charge in [-0.2, -0.15) is 13.2 Å². The number of benzene rings is 4. The molecule has 1 aliphatic rings. The van der Waals surface area contributed by atoms with Crippen LogP contribution in [0.5, 0.6) is 5.75 Å². The summed E-state index contributed by atoms with van der Waals surface area (Å²) in [4.78, 5) is 18.9. The molecule has 0 aliphatic carbocycles. The second kappa shape index (κ2) is 13.8. The van der Waals surface area contributed by atoms with E-state index in [-0.39, 0.29) is 25.5 Å². The van der Waals surface area contributed by atoms with Crippen LogP contribution in [0.15, 0.2) is 121 Å². The summed E-state index contributed by atoms with van der Waals surface area (Å²) < 4.78 is 51.2. The maximum absolute atomic E-state index is 14.0. The summed E-state index contributed by atoms with van der Waals surface area (Å²) in [5.41, 5.74) is 1.71. The van der Waals surface area contributed by atoms with Gasteiger partial charge in [0.15, 0.2) is 11.6 Å². The van der Waals surface area contributed by atoms with Gasteiger partial charge in [0.1, 0.15) is 5.75 Å². The number of carbonyl (C=O) groups excluding carboxylic acids is 1. The van der Waals surface area contributed by atoms with Crippen molar-refractivity contribution in [1.82, 2.24) is 5.32 Å². The molecule has 0 fully saturated rings. The van der Waals surface area contributed by atoms with Crippen LogP contribution in [0.2, 0.25) is 0 Å². The van der Waals surface area contributed by atoms with Crippen LogP contribution < -0.4 is 10.1 Å².